The van der Waals surface area contributed by atoms with Crippen molar-refractivity contribution in [1.82, 2.24) is 10.2 Å². The van der Waals surface area contributed by atoms with Gasteiger partial charge in [-0.3, -0.25) is 10.1 Å². The Hall–Kier alpha value is -1.93. The highest BCUT2D eigenvalue weighted by Crippen LogP contribution is 2.67. The minimum Gasteiger partial charge on any atom is -0.399 e. The number of hydrogen-bond donors (Lipinski definition) is 1. The van der Waals surface area contributed by atoms with E-state index >= 15 is 4.39 Å². The highest BCUT2D eigenvalue weighted by atomic mass is 32.2. The lowest BCUT2D eigenvalue weighted by Crippen LogP contribution is -2.44. The summed E-state index contributed by atoms with van der Waals surface area (Å²) in [7, 11) is 1.41. The first kappa shape index (κ1) is 32.0. The number of amides is 2. The van der Waals surface area contributed by atoms with Crippen LogP contribution in [0.15, 0.2) is 23.2 Å². The highest BCUT2D eigenvalue weighted by Gasteiger charge is 2.72. The molecule has 1 N–H and O–H groups in total. The normalized spacial score (nSPS) is 28.0. The van der Waals surface area contributed by atoms with Crippen molar-refractivity contribution in [3.05, 3.63) is 29.6 Å². The van der Waals surface area contributed by atoms with Crippen molar-refractivity contribution in [3.8, 4) is 0 Å². The second-order valence-corrected chi connectivity index (χ2v) is 20.6. The molecular weight excluding hydrogens is 564 g/mol. The zero-order valence-electron chi connectivity index (χ0n) is 25.8. The molecule has 9 nitrogen and oxygen atoms in total. The second-order valence-electron chi connectivity index (χ2n) is 13.7. The van der Waals surface area contributed by atoms with Gasteiger partial charge in [0.15, 0.2) is 0 Å². The SMILES string of the molecule is CN(C)C(=O)[C@]12C[C@H]1[C@@](C)(c1cc(B3OC(C)(C)C(C)(C)O3)ccc1F)N=C(OC(=O)NCOCC[Si](C)(C)C)S2. The molecule has 41 heavy (non-hydrogen) atoms. The number of fused-ring (bicyclic) bond motifs is 1. The van der Waals surface area contributed by atoms with E-state index in [0.717, 1.165) is 17.8 Å². The maximum absolute atomic E-state index is 15.6. The lowest BCUT2D eigenvalue weighted by molar-refractivity contribution is -0.129. The Balaban J connectivity index is 1.60. The van der Waals surface area contributed by atoms with Gasteiger partial charge in [0.05, 0.1) is 16.7 Å². The fraction of sp³-hybridized carbons (Fsp3) is 0.679. The van der Waals surface area contributed by atoms with Crippen LogP contribution in [-0.2, 0) is 29.1 Å². The first-order valence-corrected chi connectivity index (χ1v) is 18.5. The minimum absolute atomic E-state index is 0.00627. The number of carbonyl (C=O) groups is 2. The van der Waals surface area contributed by atoms with Gasteiger partial charge in [-0.2, -0.15) is 0 Å². The van der Waals surface area contributed by atoms with Crippen LogP contribution < -0.4 is 10.8 Å². The standard InChI is InChI=1S/C28H43BFN3O6SSi/c1-25(2)26(3,4)39-29(38-25)18-11-12-20(30)19(15-18)27(5)21-16-28(21,22(34)33(6)7)40-24(32-27)37-23(35)31-17-36-13-14-41(8,9)10/h11-12,15,21H,13-14,16-17H2,1-10H3,(H,31,35)/t21-,27+,28-/m0/s1. The second kappa shape index (κ2) is 11.0. The van der Waals surface area contributed by atoms with E-state index in [0.29, 0.717) is 24.1 Å². The molecule has 3 aliphatic rings. The Morgan fingerprint density at radius 1 is 1.17 bits per heavy atom. The van der Waals surface area contributed by atoms with Gasteiger partial charge in [0, 0.05) is 40.3 Å². The van der Waals surface area contributed by atoms with Crippen molar-refractivity contribution in [2.24, 2.45) is 10.9 Å². The molecule has 1 aliphatic carbocycles. The van der Waals surface area contributed by atoms with Crippen LogP contribution in [0.2, 0.25) is 25.7 Å². The number of ether oxygens (including phenoxy) is 2. The Morgan fingerprint density at radius 2 is 1.80 bits per heavy atom. The summed E-state index contributed by atoms with van der Waals surface area (Å²) in [5.74, 6) is -0.910. The van der Waals surface area contributed by atoms with Gasteiger partial charge in [-0.25, -0.2) is 14.2 Å². The number of nitrogens with one attached hydrogen (secondary N) is 1. The van der Waals surface area contributed by atoms with Gasteiger partial charge in [-0.15, -0.1) is 0 Å². The van der Waals surface area contributed by atoms with Crippen molar-refractivity contribution >= 4 is 49.6 Å². The molecule has 226 valence electrons. The zero-order chi connectivity index (χ0) is 30.6. The first-order valence-electron chi connectivity index (χ1n) is 14.0. The van der Waals surface area contributed by atoms with Gasteiger partial charge in [-0.1, -0.05) is 31.8 Å². The molecule has 1 saturated heterocycles. The van der Waals surface area contributed by atoms with E-state index in [2.05, 4.69) is 25.0 Å². The van der Waals surface area contributed by atoms with Crippen molar-refractivity contribution in [2.45, 2.75) is 88.2 Å². The van der Waals surface area contributed by atoms with Crippen LogP contribution in [0.3, 0.4) is 0 Å². The molecule has 2 amide bonds. The Bertz CT molecular complexity index is 1230. The molecule has 0 unspecified atom stereocenters. The monoisotopic (exact) mass is 607 g/mol. The number of rotatable bonds is 8. The van der Waals surface area contributed by atoms with Crippen LogP contribution >= 0.6 is 11.8 Å². The Morgan fingerprint density at radius 3 is 2.39 bits per heavy atom. The number of thioether (sulfide) groups is 1. The van der Waals surface area contributed by atoms with E-state index in [1.54, 1.807) is 33.2 Å². The average molecular weight is 608 g/mol. The maximum atomic E-state index is 15.6. The van der Waals surface area contributed by atoms with E-state index in [-0.39, 0.29) is 23.8 Å². The zero-order valence-corrected chi connectivity index (χ0v) is 27.7. The van der Waals surface area contributed by atoms with Gasteiger partial charge >= 0.3 is 13.2 Å². The number of nitrogens with zero attached hydrogens (tertiary/aromatic N) is 2. The van der Waals surface area contributed by atoms with Crippen LogP contribution in [-0.4, -0.2) is 80.7 Å². The molecular formula is C28H43BFN3O6SSi. The number of aliphatic imine (C=N–C) groups is 1. The summed E-state index contributed by atoms with van der Waals surface area (Å²) < 4.78 is 38.2. The average Bonchev–Trinajstić information content (AvgIpc) is 3.53. The smallest absolute Gasteiger partial charge is 0.399 e. The maximum Gasteiger partial charge on any atom is 0.494 e. The summed E-state index contributed by atoms with van der Waals surface area (Å²) in [4.78, 5) is 32.3. The summed E-state index contributed by atoms with van der Waals surface area (Å²) in [5.41, 5.74) is -1.36. The molecule has 1 aromatic rings. The van der Waals surface area contributed by atoms with Crippen molar-refractivity contribution < 1.29 is 32.8 Å². The third kappa shape index (κ3) is 6.39. The first-order chi connectivity index (χ1) is 18.8. The molecule has 0 aromatic heterocycles. The fourth-order valence-corrected chi connectivity index (χ4v) is 7.45. The van der Waals surface area contributed by atoms with Gasteiger partial charge in [0.1, 0.15) is 17.3 Å². The summed E-state index contributed by atoms with van der Waals surface area (Å²) >= 11 is 1.12. The Kier molecular flexibility index (Phi) is 8.56. The number of hydrogen-bond acceptors (Lipinski definition) is 8. The number of alkyl carbamates (subject to hydrolysis) is 1. The van der Waals surface area contributed by atoms with Gasteiger partial charge < -0.3 is 23.7 Å². The van der Waals surface area contributed by atoms with Crippen LogP contribution in [0.5, 0.6) is 0 Å². The van der Waals surface area contributed by atoms with Crippen molar-refractivity contribution in [3.63, 3.8) is 0 Å². The molecule has 0 radical (unpaired) electrons. The van der Waals surface area contributed by atoms with Crippen molar-refractivity contribution in [2.75, 3.05) is 27.4 Å². The number of benzene rings is 1. The molecule has 0 bridgehead atoms. The molecule has 13 heteroatoms. The van der Waals surface area contributed by atoms with E-state index in [4.69, 9.17) is 23.8 Å². The van der Waals surface area contributed by atoms with E-state index in [1.807, 2.05) is 27.7 Å². The molecule has 2 fully saturated rings. The van der Waals surface area contributed by atoms with E-state index < -0.39 is 48.6 Å². The van der Waals surface area contributed by atoms with E-state index in [9.17, 15) is 9.59 Å². The molecule has 2 aliphatic heterocycles. The fourth-order valence-electron chi connectivity index (χ4n) is 5.14. The predicted octanol–water partition coefficient (Wildman–Crippen LogP) is 4.33. The number of carbonyl (C=O) groups excluding carboxylic acids is 2. The number of halogens is 1. The largest absolute Gasteiger partial charge is 0.494 e. The molecule has 0 spiro atoms. The van der Waals surface area contributed by atoms with Gasteiger partial charge in [-0.05, 0) is 70.4 Å². The van der Waals surface area contributed by atoms with Crippen LogP contribution in [0, 0.1) is 11.7 Å². The highest BCUT2D eigenvalue weighted by molar-refractivity contribution is 8.15. The Labute approximate surface area is 248 Å². The van der Waals surface area contributed by atoms with Crippen LogP contribution in [0.25, 0.3) is 0 Å². The van der Waals surface area contributed by atoms with Gasteiger partial charge in [0.25, 0.3) is 5.23 Å². The lowest BCUT2D eigenvalue weighted by Gasteiger charge is -2.35. The van der Waals surface area contributed by atoms with Crippen LogP contribution in [0.1, 0.15) is 46.6 Å². The summed E-state index contributed by atoms with van der Waals surface area (Å²) in [5, 5.41) is 2.60. The lowest BCUT2D eigenvalue weighted by atomic mass is 9.75. The molecule has 1 aromatic carbocycles. The quantitative estimate of drug-likeness (QED) is 0.267. The topological polar surface area (TPSA) is 98.7 Å². The molecule has 1 saturated carbocycles. The van der Waals surface area contributed by atoms with Gasteiger partial charge in [0.2, 0.25) is 5.91 Å². The summed E-state index contributed by atoms with van der Waals surface area (Å²) in [6, 6.07) is 5.69. The summed E-state index contributed by atoms with van der Waals surface area (Å²) in [6.07, 6.45) is -0.284. The molecule has 4 rings (SSSR count). The summed E-state index contributed by atoms with van der Waals surface area (Å²) in [6.45, 7) is 16.9. The third-order valence-electron chi connectivity index (χ3n) is 8.51. The van der Waals surface area contributed by atoms with Crippen molar-refractivity contribution in [1.29, 1.82) is 0 Å². The third-order valence-corrected chi connectivity index (χ3v) is 11.5. The van der Waals surface area contributed by atoms with E-state index in [1.165, 1.54) is 11.0 Å². The van der Waals surface area contributed by atoms with Crippen LogP contribution in [0.4, 0.5) is 9.18 Å². The molecule has 3 atom stereocenters. The predicted molar refractivity (Wildman–Crippen MR) is 163 cm³/mol. The minimum atomic E-state index is -1.26. The molecule has 2 heterocycles.